The van der Waals surface area contributed by atoms with E-state index in [2.05, 4.69) is 62.1 Å². The summed E-state index contributed by atoms with van der Waals surface area (Å²) in [5.41, 5.74) is 3.70. The van der Waals surface area contributed by atoms with Gasteiger partial charge in [0.1, 0.15) is 0 Å². The first-order valence-corrected chi connectivity index (χ1v) is 9.45. The lowest BCUT2D eigenvalue weighted by atomic mass is 10.2. The number of anilines is 1. The summed E-state index contributed by atoms with van der Waals surface area (Å²) in [6, 6.07) is 19.1. The van der Waals surface area contributed by atoms with Gasteiger partial charge >= 0.3 is 6.03 Å². The topological polar surface area (TPSA) is 26.8 Å². The fourth-order valence-corrected chi connectivity index (χ4v) is 3.41. The molecule has 0 aromatic heterocycles. The van der Waals surface area contributed by atoms with Gasteiger partial charge in [0.2, 0.25) is 0 Å². The average Bonchev–Trinajstić information content (AvgIpc) is 2.66. The molecule has 1 aliphatic rings. The van der Waals surface area contributed by atoms with Crippen molar-refractivity contribution in [3.63, 3.8) is 0 Å². The van der Waals surface area contributed by atoms with Crippen molar-refractivity contribution in [2.45, 2.75) is 33.4 Å². The lowest BCUT2D eigenvalue weighted by Crippen LogP contribution is -2.54. The number of hydrogen-bond acceptors (Lipinski definition) is 2. The summed E-state index contributed by atoms with van der Waals surface area (Å²) in [6.45, 7) is 10.3. The van der Waals surface area contributed by atoms with Crippen molar-refractivity contribution in [2.75, 3.05) is 31.1 Å². The van der Waals surface area contributed by atoms with Gasteiger partial charge in [-0.2, -0.15) is 0 Å². The van der Waals surface area contributed by atoms with Crippen LogP contribution < -0.4 is 4.90 Å². The summed E-state index contributed by atoms with van der Waals surface area (Å²) in [6.07, 6.45) is 0. The zero-order valence-corrected chi connectivity index (χ0v) is 16.1. The number of benzene rings is 2. The maximum atomic E-state index is 13.1. The van der Waals surface area contributed by atoms with Crippen molar-refractivity contribution in [3.05, 3.63) is 65.7 Å². The molecule has 0 N–H and O–H groups in total. The molecular formula is C22H29N3O. The summed E-state index contributed by atoms with van der Waals surface area (Å²) in [4.78, 5) is 19.4. The van der Waals surface area contributed by atoms with E-state index in [-0.39, 0.29) is 12.1 Å². The lowest BCUT2D eigenvalue weighted by molar-refractivity contribution is 0.134. The van der Waals surface area contributed by atoms with Crippen molar-refractivity contribution in [2.24, 2.45) is 0 Å². The minimum Gasteiger partial charge on any atom is -0.368 e. The summed E-state index contributed by atoms with van der Waals surface area (Å²) in [7, 11) is 0. The number of carbonyl (C=O) groups is 1. The van der Waals surface area contributed by atoms with Crippen LogP contribution in [0.4, 0.5) is 10.5 Å². The van der Waals surface area contributed by atoms with Crippen LogP contribution in [-0.4, -0.2) is 48.1 Å². The Morgan fingerprint density at radius 3 is 2.31 bits per heavy atom. The SMILES string of the molecule is Cc1cccc(N2CCN(C(=O)N(Cc3ccccc3)C(C)C)CC2)c1. The molecule has 3 rings (SSSR count). The number of nitrogens with zero attached hydrogens (tertiary/aromatic N) is 3. The maximum absolute atomic E-state index is 13.1. The molecule has 4 heteroatoms. The first-order chi connectivity index (χ1) is 12.5. The molecular weight excluding hydrogens is 322 g/mol. The first-order valence-electron chi connectivity index (χ1n) is 9.45. The van der Waals surface area contributed by atoms with Crippen LogP contribution in [0.3, 0.4) is 0 Å². The molecule has 0 spiro atoms. The van der Waals surface area contributed by atoms with Crippen molar-refractivity contribution in [1.29, 1.82) is 0 Å². The van der Waals surface area contributed by atoms with Crippen LogP contribution in [0.25, 0.3) is 0 Å². The highest BCUT2D eigenvalue weighted by Crippen LogP contribution is 2.19. The molecule has 1 fully saturated rings. The normalized spacial score (nSPS) is 14.6. The number of carbonyl (C=O) groups excluding carboxylic acids is 1. The summed E-state index contributed by atoms with van der Waals surface area (Å²) < 4.78 is 0. The van der Waals surface area contributed by atoms with E-state index in [1.54, 1.807) is 0 Å². The molecule has 26 heavy (non-hydrogen) atoms. The lowest BCUT2D eigenvalue weighted by Gasteiger charge is -2.39. The van der Waals surface area contributed by atoms with Gasteiger partial charge in [-0.1, -0.05) is 42.5 Å². The van der Waals surface area contributed by atoms with Gasteiger partial charge in [0.15, 0.2) is 0 Å². The van der Waals surface area contributed by atoms with Crippen LogP contribution in [0.1, 0.15) is 25.0 Å². The van der Waals surface area contributed by atoms with E-state index in [4.69, 9.17) is 0 Å². The Kier molecular flexibility index (Phi) is 5.82. The number of urea groups is 1. The zero-order chi connectivity index (χ0) is 18.5. The van der Waals surface area contributed by atoms with Crippen LogP contribution in [0.5, 0.6) is 0 Å². The largest absolute Gasteiger partial charge is 0.368 e. The molecule has 2 aromatic carbocycles. The van der Waals surface area contributed by atoms with Gasteiger partial charge in [-0.25, -0.2) is 4.79 Å². The Hall–Kier alpha value is -2.49. The van der Waals surface area contributed by atoms with Gasteiger partial charge in [-0.3, -0.25) is 0 Å². The molecule has 4 nitrogen and oxygen atoms in total. The quantitative estimate of drug-likeness (QED) is 0.827. The highest BCUT2D eigenvalue weighted by atomic mass is 16.2. The van der Waals surface area contributed by atoms with E-state index in [0.717, 1.165) is 26.2 Å². The minimum absolute atomic E-state index is 0.146. The number of hydrogen-bond donors (Lipinski definition) is 0. The molecule has 0 aliphatic carbocycles. The second kappa shape index (κ2) is 8.26. The number of amides is 2. The van der Waals surface area contributed by atoms with Crippen molar-refractivity contribution < 1.29 is 4.79 Å². The molecule has 138 valence electrons. The average molecular weight is 351 g/mol. The van der Waals surface area contributed by atoms with E-state index < -0.39 is 0 Å². The highest BCUT2D eigenvalue weighted by Gasteiger charge is 2.27. The molecule has 0 radical (unpaired) electrons. The Labute approximate surface area is 157 Å². The molecule has 2 aromatic rings. The van der Waals surface area contributed by atoms with Crippen LogP contribution >= 0.6 is 0 Å². The number of aryl methyl sites for hydroxylation is 1. The number of rotatable bonds is 4. The third-order valence-electron chi connectivity index (χ3n) is 4.98. The third kappa shape index (κ3) is 4.37. The molecule has 0 bridgehead atoms. The molecule has 0 unspecified atom stereocenters. The second-order valence-corrected chi connectivity index (χ2v) is 7.30. The van der Waals surface area contributed by atoms with Crippen molar-refractivity contribution in [3.8, 4) is 0 Å². The fourth-order valence-electron chi connectivity index (χ4n) is 3.41. The monoisotopic (exact) mass is 351 g/mol. The molecule has 2 amide bonds. The smallest absolute Gasteiger partial charge is 0.320 e. The van der Waals surface area contributed by atoms with E-state index >= 15 is 0 Å². The van der Waals surface area contributed by atoms with Gasteiger partial charge in [-0.05, 0) is 44.0 Å². The predicted molar refractivity (Wildman–Crippen MR) is 107 cm³/mol. The molecule has 1 heterocycles. The predicted octanol–water partition coefficient (Wildman–Crippen LogP) is 4.15. The first kappa shape index (κ1) is 18.3. The van der Waals surface area contributed by atoms with Crippen LogP contribution in [0, 0.1) is 6.92 Å². The van der Waals surface area contributed by atoms with Gasteiger partial charge < -0.3 is 14.7 Å². The van der Waals surface area contributed by atoms with Crippen LogP contribution in [-0.2, 0) is 6.54 Å². The Morgan fingerprint density at radius 1 is 1.00 bits per heavy atom. The van der Waals surface area contributed by atoms with Crippen LogP contribution in [0.2, 0.25) is 0 Å². The zero-order valence-electron chi connectivity index (χ0n) is 16.1. The standard InChI is InChI=1S/C22H29N3O/c1-18(2)25(17-20-9-5-4-6-10-20)22(26)24-14-12-23(13-15-24)21-11-7-8-19(3)16-21/h4-11,16,18H,12-15,17H2,1-3H3. The highest BCUT2D eigenvalue weighted by molar-refractivity contribution is 5.75. The van der Waals surface area contributed by atoms with Crippen molar-refractivity contribution >= 4 is 11.7 Å². The summed E-state index contributed by atoms with van der Waals surface area (Å²) >= 11 is 0. The summed E-state index contributed by atoms with van der Waals surface area (Å²) in [5, 5.41) is 0. The molecule has 1 saturated heterocycles. The van der Waals surface area contributed by atoms with E-state index in [1.165, 1.54) is 16.8 Å². The molecule has 0 saturated carbocycles. The van der Waals surface area contributed by atoms with Gasteiger partial charge in [0, 0.05) is 44.5 Å². The third-order valence-corrected chi connectivity index (χ3v) is 4.98. The molecule has 0 atom stereocenters. The van der Waals surface area contributed by atoms with Crippen LogP contribution in [0.15, 0.2) is 54.6 Å². The maximum Gasteiger partial charge on any atom is 0.320 e. The Balaban J connectivity index is 1.62. The Morgan fingerprint density at radius 2 is 1.69 bits per heavy atom. The minimum atomic E-state index is 0.146. The van der Waals surface area contributed by atoms with E-state index in [9.17, 15) is 4.79 Å². The van der Waals surface area contributed by atoms with Crippen molar-refractivity contribution in [1.82, 2.24) is 9.80 Å². The van der Waals surface area contributed by atoms with E-state index in [0.29, 0.717) is 6.54 Å². The van der Waals surface area contributed by atoms with E-state index in [1.807, 2.05) is 28.0 Å². The van der Waals surface area contributed by atoms with Gasteiger partial charge in [0.25, 0.3) is 0 Å². The Bertz CT molecular complexity index is 721. The second-order valence-electron chi connectivity index (χ2n) is 7.30. The number of piperazine rings is 1. The fraction of sp³-hybridized carbons (Fsp3) is 0.409. The molecule has 1 aliphatic heterocycles. The van der Waals surface area contributed by atoms with Gasteiger partial charge in [0.05, 0.1) is 0 Å². The van der Waals surface area contributed by atoms with Gasteiger partial charge in [-0.15, -0.1) is 0 Å². The summed E-state index contributed by atoms with van der Waals surface area (Å²) in [5.74, 6) is 0.